The van der Waals surface area contributed by atoms with Crippen LogP contribution in [0.25, 0.3) is 11.3 Å². The van der Waals surface area contributed by atoms with Gasteiger partial charge in [0.1, 0.15) is 18.1 Å². The molecule has 0 aliphatic heterocycles. The van der Waals surface area contributed by atoms with Gasteiger partial charge in [0.15, 0.2) is 11.5 Å². The van der Waals surface area contributed by atoms with E-state index in [4.69, 9.17) is 24.4 Å². The maximum Gasteiger partial charge on any atom is 0.163 e. The van der Waals surface area contributed by atoms with Crippen molar-refractivity contribution >= 4 is 5.69 Å². The number of benzene rings is 1. The van der Waals surface area contributed by atoms with Gasteiger partial charge in [-0.2, -0.15) is 0 Å². The molecule has 0 unspecified atom stereocenters. The van der Waals surface area contributed by atoms with Gasteiger partial charge in [-0.3, -0.25) is 0 Å². The molecule has 2 rings (SSSR count). The van der Waals surface area contributed by atoms with Crippen molar-refractivity contribution in [2.75, 3.05) is 26.1 Å². The lowest BCUT2D eigenvalue weighted by Crippen LogP contribution is -2.00. The van der Waals surface area contributed by atoms with Crippen molar-refractivity contribution in [3.63, 3.8) is 0 Å². The number of anilines is 1. The van der Waals surface area contributed by atoms with Gasteiger partial charge in [-0.1, -0.05) is 0 Å². The third-order valence-corrected chi connectivity index (χ3v) is 2.93. The topological polar surface area (TPSA) is 66.9 Å². The molecule has 1 heterocycles. The monoisotopic (exact) mass is 291 g/mol. The van der Waals surface area contributed by atoms with Crippen LogP contribution in [0.3, 0.4) is 0 Å². The van der Waals surface area contributed by atoms with E-state index in [1.807, 2.05) is 32.0 Å². The molecule has 0 aliphatic carbocycles. The van der Waals surface area contributed by atoms with Crippen LogP contribution in [0.15, 0.2) is 28.7 Å². The SMILES string of the molecule is CCOc1cc(N)c(-c2ccc(COC)o2)cc1OCC. The molecule has 21 heavy (non-hydrogen) atoms. The minimum Gasteiger partial charge on any atom is -0.490 e. The Morgan fingerprint density at radius 2 is 1.71 bits per heavy atom. The molecule has 0 fully saturated rings. The average Bonchev–Trinajstić information content (AvgIpc) is 2.91. The van der Waals surface area contributed by atoms with Crippen molar-refractivity contribution in [3.8, 4) is 22.8 Å². The van der Waals surface area contributed by atoms with Gasteiger partial charge in [-0.15, -0.1) is 0 Å². The van der Waals surface area contributed by atoms with Gasteiger partial charge in [-0.05, 0) is 32.0 Å². The van der Waals surface area contributed by atoms with E-state index in [1.165, 1.54) is 0 Å². The third kappa shape index (κ3) is 3.49. The molecule has 2 aromatic rings. The zero-order chi connectivity index (χ0) is 15.2. The van der Waals surface area contributed by atoms with E-state index in [9.17, 15) is 0 Å². The van der Waals surface area contributed by atoms with Gasteiger partial charge < -0.3 is 24.4 Å². The maximum absolute atomic E-state index is 6.11. The first-order valence-electron chi connectivity index (χ1n) is 6.96. The van der Waals surface area contributed by atoms with Crippen molar-refractivity contribution in [1.82, 2.24) is 0 Å². The number of rotatable bonds is 7. The highest BCUT2D eigenvalue weighted by atomic mass is 16.5. The lowest BCUT2D eigenvalue weighted by Gasteiger charge is -2.13. The Morgan fingerprint density at radius 1 is 1.05 bits per heavy atom. The van der Waals surface area contributed by atoms with E-state index in [0.717, 1.165) is 11.3 Å². The van der Waals surface area contributed by atoms with Crippen LogP contribution in [0, 0.1) is 0 Å². The smallest absolute Gasteiger partial charge is 0.163 e. The van der Waals surface area contributed by atoms with E-state index in [-0.39, 0.29) is 0 Å². The van der Waals surface area contributed by atoms with Crippen LogP contribution in [-0.4, -0.2) is 20.3 Å². The molecule has 1 aromatic heterocycles. The molecule has 1 aromatic carbocycles. The number of nitrogen functional groups attached to an aromatic ring is 1. The van der Waals surface area contributed by atoms with E-state index in [1.54, 1.807) is 13.2 Å². The zero-order valence-electron chi connectivity index (χ0n) is 12.6. The van der Waals surface area contributed by atoms with Crippen LogP contribution in [0.4, 0.5) is 5.69 Å². The highest BCUT2D eigenvalue weighted by Crippen LogP contribution is 2.38. The Balaban J connectivity index is 2.39. The fourth-order valence-corrected chi connectivity index (χ4v) is 2.07. The molecule has 0 saturated heterocycles. The molecule has 0 atom stereocenters. The first-order valence-corrected chi connectivity index (χ1v) is 6.96. The summed E-state index contributed by atoms with van der Waals surface area (Å²) in [5, 5.41) is 0. The molecule has 0 aliphatic rings. The van der Waals surface area contributed by atoms with Crippen molar-refractivity contribution in [2.24, 2.45) is 0 Å². The molecule has 0 bridgehead atoms. The van der Waals surface area contributed by atoms with Crippen LogP contribution in [0.5, 0.6) is 11.5 Å². The minimum absolute atomic E-state index is 0.426. The fourth-order valence-electron chi connectivity index (χ4n) is 2.07. The Kier molecular flexibility index (Phi) is 5.11. The highest BCUT2D eigenvalue weighted by molar-refractivity contribution is 5.77. The van der Waals surface area contributed by atoms with E-state index >= 15 is 0 Å². The normalized spacial score (nSPS) is 10.6. The fraction of sp³-hybridized carbons (Fsp3) is 0.375. The van der Waals surface area contributed by atoms with Gasteiger partial charge in [0, 0.05) is 24.4 Å². The highest BCUT2D eigenvalue weighted by Gasteiger charge is 2.14. The summed E-state index contributed by atoms with van der Waals surface area (Å²) < 4.78 is 21.9. The number of hydrogen-bond acceptors (Lipinski definition) is 5. The maximum atomic E-state index is 6.11. The van der Waals surface area contributed by atoms with Gasteiger partial charge in [0.2, 0.25) is 0 Å². The van der Waals surface area contributed by atoms with Gasteiger partial charge in [0.25, 0.3) is 0 Å². The number of furan rings is 1. The first-order chi connectivity index (χ1) is 10.2. The summed E-state index contributed by atoms with van der Waals surface area (Å²) in [7, 11) is 1.63. The Labute approximate surface area is 124 Å². The summed E-state index contributed by atoms with van der Waals surface area (Å²) in [6, 6.07) is 7.35. The minimum atomic E-state index is 0.426. The molecule has 2 N–H and O–H groups in total. The van der Waals surface area contributed by atoms with Crippen LogP contribution in [0.2, 0.25) is 0 Å². The Hall–Kier alpha value is -2.14. The number of methoxy groups -OCH3 is 1. The van der Waals surface area contributed by atoms with Crippen molar-refractivity contribution < 1.29 is 18.6 Å². The second-order valence-electron chi connectivity index (χ2n) is 4.45. The predicted molar refractivity (Wildman–Crippen MR) is 81.6 cm³/mol. The number of ether oxygens (including phenoxy) is 3. The van der Waals surface area contributed by atoms with Crippen molar-refractivity contribution in [1.29, 1.82) is 0 Å². The van der Waals surface area contributed by atoms with Crippen molar-refractivity contribution in [2.45, 2.75) is 20.5 Å². The van der Waals surface area contributed by atoms with Crippen molar-refractivity contribution in [3.05, 3.63) is 30.0 Å². The first kappa shape index (κ1) is 15.3. The quantitative estimate of drug-likeness (QED) is 0.791. The van der Waals surface area contributed by atoms with Crippen LogP contribution in [0.1, 0.15) is 19.6 Å². The second-order valence-corrected chi connectivity index (χ2v) is 4.45. The lowest BCUT2D eigenvalue weighted by atomic mass is 10.1. The predicted octanol–water partition coefficient (Wildman–Crippen LogP) is 3.47. The lowest BCUT2D eigenvalue weighted by molar-refractivity contribution is 0.165. The van der Waals surface area contributed by atoms with Gasteiger partial charge in [0.05, 0.1) is 13.2 Å². The Bertz CT molecular complexity index is 592. The summed E-state index contributed by atoms with van der Waals surface area (Å²) in [6.07, 6.45) is 0. The van der Waals surface area contributed by atoms with E-state index < -0.39 is 0 Å². The summed E-state index contributed by atoms with van der Waals surface area (Å²) in [5.74, 6) is 2.74. The average molecular weight is 291 g/mol. The third-order valence-electron chi connectivity index (χ3n) is 2.93. The van der Waals surface area contributed by atoms with Crippen LogP contribution < -0.4 is 15.2 Å². The largest absolute Gasteiger partial charge is 0.490 e. The van der Waals surface area contributed by atoms with E-state index in [2.05, 4.69) is 0 Å². The number of nitrogens with two attached hydrogens (primary N) is 1. The van der Waals surface area contributed by atoms with Crippen LogP contribution in [-0.2, 0) is 11.3 Å². The molecule has 5 nitrogen and oxygen atoms in total. The molecule has 0 radical (unpaired) electrons. The Morgan fingerprint density at radius 3 is 2.33 bits per heavy atom. The molecule has 0 saturated carbocycles. The molecule has 5 heteroatoms. The van der Waals surface area contributed by atoms with Crippen LogP contribution >= 0.6 is 0 Å². The summed E-state index contributed by atoms with van der Waals surface area (Å²) in [4.78, 5) is 0. The van der Waals surface area contributed by atoms with E-state index in [0.29, 0.717) is 42.8 Å². The molecule has 114 valence electrons. The molecule has 0 spiro atoms. The molecular weight excluding hydrogens is 270 g/mol. The standard InChI is InChI=1S/C16H21NO4/c1-4-19-15-8-12(13(17)9-16(15)20-5-2)14-7-6-11(21-14)10-18-3/h6-9H,4-5,10,17H2,1-3H3. The summed E-state index contributed by atoms with van der Waals surface area (Å²) in [6.45, 7) is 5.38. The molecule has 0 amide bonds. The van der Waals surface area contributed by atoms with Gasteiger partial charge >= 0.3 is 0 Å². The summed E-state index contributed by atoms with van der Waals surface area (Å²) >= 11 is 0. The van der Waals surface area contributed by atoms with Gasteiger partial charge in [-0.25, -0.2) is 0 Å². The second kappa shape index (κ2) is 7.04. The number of hydrogen-bond donors (Lipinski definition) is 1. The summed E-state index contributed by atoms with van der Waals surface area (Å²) in [5.41, 5.74) is 7.47. The molecular formula is C16H21NO4. The zero-order valence-corrected chi connectivity index (χ0v) is 12.6.